The van der Waals surface area contributed by atoms with Gasteiger partial charge < -0.3 is 15.4 Å². The van der Waals surface area contributed by atoms with E-state index in [2.05, 4.69) is 4.98 Å². The van der Waals surface area contributed by atoms with Crippen molar-refractivity contribution in [1.29, 1.82) is 0 Å². The lowest BCUT2D eigenvalue weighted by molar-refractivity contribution is -0.902. The zero-order valence-corrected chi connectivity index (χ0v) is 19.0. The van der Waals surface area contributed by atoms with Crippen LogP contribution in [0.3, 0.4) is 0 Å². The van der Waals surface area contributed by atoms with E-state index in [-0.39, 0.29) is 30.6 Å². The highest BCUT2D eigenvalue weighted by molar-refractivity contribution is 5.96. The molecule has 1 saturated heterocycles. The molecule has 1 aromatic rings. The molecule has 3 atom stereocenters. The number of nitrogens with two attached hydrogens (primary N) is 1. The first kappa shape index (κ1) is 23.5. The summed E-state index contributed by atoms with van der Waals surface area (Å²) < 4.78 is 6.54. The lowest BCUT2D eigenvalue weighted by Crippen LogP contribution is -3.15. The number of anilines is 2. The van der Waals surface area contributed by atoms with Crippen molar-refractivity contribution in [2.24, 2.45) is 11.8 Å². The number of hydrogen-bond donors (Lipinski definition) is 3. The van der Waals surface area contributed by atoms with Crippen molar-refractivity contribution in [3.05, 3.63) is 20.8 Å². The van der Waals surface area contributed by atoms with Gasteiger partial charge in [0.1, 0.15) is 5.82 Å². The highest BCUT2D eigenvalue weighted by Gasteiger charge is 2.35. The van der Waals surface area contributed by atoms with Crippen molar-refractivity contribution in [3.63, 3.8) is 0 Å². The molecule has 1 unspecified atom stereocenters. The maximum Gasteiger partial charge on any atom is 0.330 e. The SMILES string of the molecule is CCCCn1c(N)c(N(CCOC)C(=O)C[NH+]2CC[C@H]3CCCC[C@@H]3C2)c(=O)[nH]c1=O. The number of aromatic nitrogens is 2. The number of nitrogens with one attached hydrogen (secondary N) is 2. The molecule has 0 radical (unpaired) electrons. The van der Waals surface area contributed by atoms with Crippen LogP contribution in [-0.4, -0.2) is 55.4 Å². The van der Waals surface area contributed by atoms with Gasteiger partial charge in [0, 0.05) is 26.1 Å². The molecular weight excluding hydrogens is 398 g/mol. The minimum atomic E-state index is -0.624. The number of hydrogen-bond acceptors (Lipinski definition) is 5. The van der Waals surface area contributed by atoms with Gasteiger partial charge in [0.2, 0.25) is 0 Å². The Morgan fingerprint density at radius 1 is 1.26 bits per heavy atom. The predicted molar refractivity (Wildman–Crippen MR) is 121 cm³/mol. The number of methoxy groups -OCH3 is 1. The van der Waals surface area contributed by atoms with E-state index in [4.69, 9.17) is 10.5 Å². The van der Waals surface area contributed by atoms with Crippen LogP contribution < -0.4 is 26.8 Å². The molecule has 1 aliphatic carbocycles. The highest BCUT2D eigenvalue weighted by atomic mass is 16.5. The molecule has 9 heteroatoms. The predicted octanol–water partition coefficient (Wildman–Crippen LogP) is -0.00670. The number of amides is 1. The monoisotopic (exact) mass is 436 g/mol. The minimum absolute atomic E-state index is 0.0487. The van der Waals surface area contributed by atoms with Crippen molar-refractivity contribution < 1.29 is 14.4 Å². The summed E-state index contributed by atoms with van der Waals surface area (Å²) in [5.41, 5.74) is 5.16. The molecule has 31 heavy (non-hydrogen) atoms. The number of ether oxygens (including phenoxy) is 1. The molecule has 3 rings (SSSR count). The normalized spacial score (nSPS) is 23.4. The third kappa shape index (κ3) is 5.57. The quantitative estimate of drug-likeness (QED) is 0.504. The number of carbonyl (C=O) groups excluding carboxylic acids is 1. The van der Waals surface area contributed by atoms with Gasteiger partial charge in [-0.1, -0.05) is 26.2 Å². The van der Waals surface area contributed by atoms with Crippen LogP contribution in [0.4, 0.5) is 11.5 Å². The van der Waals surface area contributed by atoms with Crippen molar-refractivity contribution in [2.45, 2.75) is 58.4 Å². The van der Waals surface area contributed by atoms with Gasteiger partial charge in [-0.2, -0.15) is 0 Å². The van der Waals surface area contributed by atoms with Gasteiger partial charge in [0.15, 0.2) is 12.2 Å². The summed E-state index contributed by atoms with van der Waals surface area (Å²) in [5.74, 6) is 1.40. The number of piperidine rings is 1. The number of H-pyrrole nitrogens is 1. The van der Waals surface area contributed by atoms with Gasteiger partial charge in [-0.15, -0.1) is 0 Å². The molecule has 0 aromatic carbocycles. The van der Waals surface area contributed by atoms with Gasteiger partial charge in [-0.3, -0.25) is 24.0 Å². The third-order valence-electron chi connectivity index (χ3n) is 6.93. The van der Waals surface area contributed by atoms with Gasteiger partial charge >= 0.3 is 5.69 Å². The van der Waals surface area contributed by atoms with Crippen molar-refractivity contribution in [3.8, 4) is 0 Å². The average molecular weight is 437 g/mol. The first-order valence-corrected chi connectivity index (χ1v) is 11.7. The topological polar surface area (TPSA) is 115 Å². The fraction of sp³-hybridized carbons (Fsp3) is 0.773. The summed E-state index contributed by atoms with van der Waals surface area (Å²) in [6.07, 6.45) is 7.98. The summed E-state index contributed by atoms with van der Waals surface area (Å²) in [6, 6.07) is 0. The molecule has 4 N–H and O–H groups in total. The second-order valence-electron chi connectivity index (χ2n) is 9.01. The van der Waals surface area contributed by atoms with Crippen LogP contribution in [-0.2, 0) is 16.1 Å². The van der Waals surface area contributed by atoms with Gasteiger partial charge in [0.05, 0.1) is 19.7 Å². The second-order valence-corrected chi connectivity index (χ2v) is 9.01. The van der Waals surface area contributed by atoms with Crippen LogP contribution in [0.2, 0.25) is 0 Å². The first-order valence-electron chi connectivity index (χ1n) is 11.7. The molecule has 9 nitrogen and oxygen atoms in total. The maximum absolute atomic E-state index is 13.3. The fourth-order valence-corrected chi connectivity index (χ4v) is 5.19. The molecule has 174 valence electrons. The molecular formula is C22H38N5O4+. The molecule has 2 heterocycles. The minimum Gasteiger partial charge on any atom is -0.383 e. The number of unbranched alkanes of at least 4 members (excludes halogenated alkanes) is 1. The van der Waals surface area contributed by atoms with E-state index in [0.29, 0.717) is 19.0 Å². The second kappa shape index (κ2) is 10.9. The molecule has 1 saturated carbocycles. The Balaban J connectivity index is 1.82. The third-order valence-corrected chi connectivity index (χ3v) is 6.93. The number of aromatic amines is 1. The smallest absolute Gasteiger partial charge is 0.330 e. The summed E-state index contributed by atoms with van der Waals surface area (Å²) in [4.78, 5) is 43.3. The Morgan fingerprint density at radius 2 is 2.00 bits per heavy atom. The number of nitrogens with zero attached hydrogens (tertiary/aromatic N) is 2. The van der Waals surface area contributed by atoms with E-state index in [1.54, 1.807) is 7.11 Å². The van der Waals surface area contributed by atoms with Crippen molar-refractivity contribution in [1.82, 2.24) is 9.55 Å². The highest BCUT2D eigenvalue weighted by Crippen LogP contribution is 2.32. The zero-order valence-electron chi connectivity index (χ0n) is 19.0. The van der Waals surface area contributed by atoms with E-state index < -0.39 is 11.2 Å². The molecule has 1 aliphatic heterocycles. The average Bonchev–Trinajstić information content (AvgIpc) is 2.75. The number of likely N-dealkylation sites (tertiary alicyclic amines) is 1. The van der Waals surface area contributed by atoms with Crippen molar-refractivity contribution >= 4 is 17.4 Å². The number of rotatable bonds is 9. The Bertz CT molecular complexity index is 864. The Kier molecular flexibility index (Phi) is 8.31. The fourth-order valence-electron chi connectivity index (χ4n) is 5.19. The van der Waals surface area contributed by atoms with Crippen LogP contribution in [0.1, 0.15) is 51.9 Å². The number of fused-ring (bicyclic) bond motifs is 1. The summed E-state index contributed by atoms with van der Waals surface area (Å²) in [7, 11) is 1.55. The Labute approximate surface area is 183 Å². The first-order chi connectivity index (χ1) is 15.0. The van der Waals surface area contributed by atoms with Crippen LogP contribution in [0.25, 0.3) is 0 Å². The molecule has 1 aromatic heterocycles. The summed E-state index contributed by atoms with van der Waals surface area (Å²) >= 11 is 0. The molecule has 0 spiro atoms. The molecule has 1 amide bonds. The van der Waals surface area contributed by atoms with Crippen LogP contribution >= 0.6 is 0 Å². The Hall–Kier alpha value is -2.13. The Morgan fingerprint density at radius 3 is 2.71 bits per heavy atom. The standard InChI is InChI=1S/C22H37N5O4/c1-3-4-10-27-20(23)19(21(29)24-22(27)30)26(12-13-31-2)18(28)15-25-11-9-16-7-5-6-8-17(16)14-25/h16-17H,3-15,23H2,1-2H3,(H,24,29,30)/p+1/t16-,17-/m1/s1. The van der Waals surface area contributed by atoms with E-state index in [1.165, 1.54) is 40.1 Å². The van der Waals surface area contributed by atoms with Crippen LogP contribution in [0, 0.1) is 11.8 Å². The largest absolute Gasteiger partial charge is 0.383 e. The van der Waals surface area contributed by atoms with Crippen LogP contribution in [0.5, 0.6) is 0 Å². The number of quaternary nitrogens is 1. The van der Waals surface area contributed by atoms with E-state index in [1.807, 2.05) is 6.92 Å². The molecule has 2 aliphatic rings. The molecule has 0 bridgehead atoms. The van der Waals surface area contributed by atoms with Gasteiger partial charge in [-0.05, 0) is 31.6 Å². The molecule has 2 fully saturated rings. The van der Waals surface area contributed by atoms with Crippen molar-refractivity contribution in [2.75, 3.05) is 50.5 Å². The van der Waals surface area contributed by atoms with E-state index >= 15 is 0 Å². The summed E-state index contributed by atoms with van der Waals surface area (Å²) in [6.45, 7) is 5.22. The van der Waals surface area contributed by atoms with Gasteiger partial charge in [0.25, 0.3) is 11.5 Å². The van der Waals surface area contributed by atoms with E-state index in [0.717, 1.165) is 38.3 Å². The number of nitrogen functional groups attached to an aromatic ring is 1. The van der Waals surface area contributed by atoms with Crippen LogP contribution in [0.15, 0.2) is 9.59 Å². The van der Waals surface area contributed by atoms with E-state index in [9.17, 15) is 14.4 Å². The number of carbonyl (C=O) groups is 1. The lowest BCUT2D eigenvalue weighted by atomic mass is 9.75. The van der Waals surface area contributed by atoms with Gasteiger partial charge in [-0.25, -0.2) is 4.79 Å². The summed E-state index contributed by atoms with van der Waals surface area (Å²) in [5, 5.41) is 0. The zero-order chi connectivity index (χ0) is 22.4. The maximum atomic E-state index is 13.3. The lowest BCUT2D eigenvalue weighted by Gasteiger charge is -2.39.